The van der Waals surface area contributed by atoms with E-state index in [0.29, 0.717) is 19.1 Å². The van der Waals surface area contributed by atoms with Crippen molar-refractivity contribution >= 4 is 5.91 Å². The Labute approximate surface area is 142 Å². The summed E-state index contributed by atoms with van der Waals surface area (Å²) in [4.78, 5) is 18.9. The fourth-order valence-corrected chi connectivity index (χ4v) is 4.08. The summed E-state index contributed by atoms with van der Waals surface area (Å²) in [6, 6.07) is 0.333. The molecule has 0 spiro atoms. The van der Waals surface area contributed by atoms with Gasteiger partial charge in [0.15, 0.2) is 0 Å². The summed E-state index contributed by atoms with van der Waals surface area (Å²) in [5.41, 5.74) is 0. The Hall–Kier alpha value is -0.790. The van der Waals surface area contributed by atoms with Crippen LogP contribution in [0.25, 0.3) is 0 Å². The molecule has 2 heterocycles. The number of hydrogen-bond donors (Lipinski definition) is 0. The van der Waals surface area contributed by atoms with Crippen molar-refractivity contribution in [3.8, 4) is 0 Å². The van der Waals surface area contributed by atoms with Crippen LogP contribution in [-0.2, 0) is 9.53 Å². The van der Waals surface area contributed by atoms with Crippen molar-refractivity contribution in [1.82, 2.24) is 14.7 Å². The van der Waals surface area contributed by atoms with Crippen molar-refractivity contribution in [2.75, 3.05) is 53.4 Å². The molecule has 5 nitrogen and oxygen atoms in total. The summed E-state index contributed by atoms with van der Waals surface area (Å²) >= 11 is 0. The van der Waals surface area contributed by atoms with Gasteiger partial charge in [-0.05, 0) is 26.9 Å². The minimum Gasteiger partial charge on any atom is -0.375 e. The van der Waals surface area contributed by atoms with E-state index in [0.717, 1.165) is 39.1 Å². The van der Waals surface area contributed by atoms with Gasteiger partial charge in [-0.3, -0.25) is 9.69 Å². The molecule has 138 valence electrons. The van der Waals surface area contributed by atoms with Crippen LogP contribution in [0.2, 0.25) is 0 Å². The first kappa shape index (κ1) is 18.0. The van der Waals surface area contributed by atoms with Gasteiger partial charge in [0.2, 0.25) is 11.8 Å². The highest BCUT2D eigenvalue weighted by Crippen LogP contribution is 2.43. The number of alkyl halides is 2. The first-order valence-electron chi connectivity index (χ1n) is 9.03. The third-order valence-electron chi connectivity index (χ3n) is 5.57. The van der Waals surface area contributed by atoms with Crippen LogP contribution < -0.4 is 0 Å². The molecule has 3 rings (SSSR count). The highest BCUT2D eigenvalue weighted by atomic mass is 19.3. The van der Waals surface area contributed by atoms with Crippen LogP contribution in [0.4, 0.5) is 8.78 Å². The summed E-state index contributed by atoms with van der Waals surface area (Å²) in [5, 5.41) is 0. The number of carbonyl (C=O) groups is 1. The van der Waals surface area contributed by atoms with E-state index in [1.54, 1.807) is 4.90 Å². The number of hydrogen-bond acceptors (Lipinski definition) is 4. The molecule has 2 atom stereocenters. The van der Waals surface area contributed by atoms with Gasteiger partial charge in [0, 0.05) is 57.5 Å². The molecule has 7 heteroatoms. The zero-order chi connectivity index (χ0) is 17.3. The number of nitrogens with zero attached hydrogens (tertiary/aromatic N) is 3. The van der Waals surface area contributed by atoms with Crippen LogP contribution in [0.1, 0.15) is 25.7 Å². The first-order valence-corrected chi connectivity index (χ1v) is 9.03. The van der Waals surface area contributed by atoms with Crippen LogP contribution in [0, 0.1) is 5.92 Å². The van der Waals surface area contributed by atoms with E-state index in [-0.39, 0.29) is 24.9 Å². The Morgan fingerprint density at radius 2 is 1.92 bits per heavy atom. The van der Waals surface area contributed by atoms with Crippen LogP contribution in [0.3, 0.4) is 0 Å². The highest BCUT2D eigenvalue weighted by molar-refractivity contribution is 5.80. The molecule has 1 amide bonds. The molecule has 0 bridgehead atoms. The van der Waals surface area contributed by atoms with E-state index >= 15 is 0 Å². The van der Waals surface area contributed by atoms with E-state index in [9.17, 15) is 13.6 Å². The molecule has 0 aromatic rings. The van der Waals surface area contributed by atoms with Gasteiger partial charge in [-0.25, -0.2) is 8.78 Å². The molecule has 0 radical (unpaired) electrons. The molecule has 2 unspecified atom stereocenters. The molecule has 0 aromatic heterocycles. The van der Waals surface area contributed by atoms with Gasteiger partial charge in [-0.1, -0.05) is 0 Å². The second kappa shape index (κ2) is 7.22. The number of likely N-dealkylation sites (tertiary alicyclic amines) is 1. The Bertz CT molecular complexity index is 453. The smallest absolute Gasteiger partial charge is 0.249 e. The lowest BCUT2D eigenvalue weighted by atomic mass is 9.80. The molecular weight excluding hydrogens is 316 g/mol. The van der Waals surface area contributed by atoms with E-state index in [1.165, 1.54) is 0 Å². The van der Waals surface area contributed by atoms with Crippen molar-refractivity contribution in [1.29, 1.82) is 0 Å². The molecule has 2 aliphatic heterocycles. The second-order valence-corrected chi connectivity index (χ2v) is 7.68. The van der Waals surface area contributed by atoms with Crippen molar-refractivity contribution in [3.05, 3.63) is 0 Å². The minimum absolute atomic E-state index is 0.0839. The maximum Gasteiger partial charge on any atom is 0.249 e. The van der Waals surface area contributed by atoms with Crippen LogP contribution >= 0.6 is 0 Å². The Kier molecular flexibility index (Phi) is 5.42. The first-order chi connectivity index (χ1) is 11.4. The van der Waals surface area contributed by atoms with Crippen molar-refractivity contribution in [2.24, 2.45) is 5.92 Å². The lowest BCUT2D eigenvalue weighted by Crippen LogP contribution is -2.52. The zero-order valence-electron chi connectivity index (χ0n) is 14.7. The van der Waals surface area contributed by atoms with Gasteiger partial charge >= 0.3 is 0 Å². The number of ether oxygens (including phenoxy) is 1. The standard InChI is InChI=1S/C17H29F2N3O2/c1-20(2)7-8-21-9-10-24-15-4-6-22(5-3-14(15)21)16(23)13-11-17(18,19)12-13/h13-15H,3-12H2,1-2H3. The maximum atomic E-state index is 13.0. The van der Waals surface area contributed by atoms with Gasteiger partial charge in [0.25, 0.3) is 0 Å². The zero-order valence-corrected chi connectivity index (χ0v) is 14.7. The van der Waals surface area contributed by atoms with Gasteiger partial charge in [0.05, 0.1) is 12.7 Å². The van der Waals surface area contributed by atoms with Gasteiger partial charge < -0.3 is 14.5 Å². The molecule has 2 saturated heterocycles. The van der Waals surface area contributed by atoms with Crippen molar-refractivity contribution < 1.29 is 18.3 Å². The molecule has 1 saturated carbocycles. The third kappa shape index (κ3) is 4.06. The quantitative estimate of drug-likeness (QED) is 0.769. The summed E-state index contributed by atoms with van der Waals surface area (Å²) in [5.74, 6) is -3.20. The number of morpholine rings is 1. The van der Waals surface area contributed by atoms with E-state index in [2.05, 4.69) is 23.9 Å². The molecule has 3 aliphatic rings. The predicted octanol–water partition coefficient (Wildman–Crippen LogP) is 1.29. The van der Waals surface area contributed by atoms with Gasteiger partial charge in [0.1, 0.15) is 0 Å². The molecule has 24 heavy (non-hydrogen) atoms. The Morgan fingerprint density at radius 1 is 1.21 bits per heavy atom. The van der Waals surface area contributed by atoms with Crippen LogP contribution in [0.5, 0.6) is 0 Å². The lowest BCUT2D eigenvalue weighted by Gasteiger charge is -2.40. The predicted molar refractivity (Wildman–Crippen MR) is 87.1 cm³/mol. The number of carbonyl (C=O) groups excluding carboxylic acids is 1. The molecule has 3 fully saturated rings. The SMILES string of the molecule is CN(C)CCN1CCOC2CCN(C(=O)C3CC(F)(F)C3)CCC21. The maximum absolute atomic E-state index is 13.0. The second-order valence-electron chi connectivity index (χ2n) is 7.68. The summed E-state index contributed by atoms with van der Waals surface area (Å²) < 4.78 is 32.0. The number of rotatable bonds is 4. The van der Waals surface area contributed by atoms with Crippen LogP contribution in [-0.4, -0.2) is 92.1 Å². The monoisotopic (exact) mass is 345 g/mol. The van der Waals surface area contributed by atoms with Gasteiger partial charge in [-0.2, -0.15) is 0 Å². The van der Waals surface area contributed by atoms with E-state index in [1.807, 2.05) is 0 Å². The van der Waals surface area contributed by atoms with Crippen molar-refractivity contribution in [3.63, 3.8) is 0 Å². The molecule has 0 N–H and O–H groups in total. The van der Waals surface area contributed by atoms with E-state index in [4.69, 9.17) is 4.74 Å². The highest BCUT2D eigenvalue weighted by Gasteiger charge is 2.50. The summed E-state index contributed by atoms with van der Waals surface area (Å²) in [6.45, 7) is 4.95. The fraction of sp³-hybridized carbons (Fsp3) is 0.941. The summed E-state index contributed by atoms with van der Waals surface area (Å²) in [6.07, 6.45) is 1.27. The van der Waals surface area contributed by atoms with Crippen molar-refractivity contribution in [2.45, 2.75) is 43.8 Å². The fourth-order valence-electron chi connectivity index (χ4n) is 4.08. The summed E-state index contributed by atoms with van der Waals surface area (Å²) in [7, 11) is 4.14. The largest absolute Gasteiger partial charge is 0.375 e. The van der Waals surface area contributed by atoms with Crippen LogP contribution in [0.15, 0.2) is 0 Å². The van der Waals surface area contributed by atoms with Gasteiger partial charge in [-0.15, -0.1) is 0 Å². The number of fused-ring (bicyclic) bond motifs is 1. The lowest BCUT2D eigenvalue weighted by molar-refractivity contribution is -0.159. The Balaban J connectivity index is 1.56. The normalized spacial score (nSPS) is 31.5. The number of amides is 1. The third-order valence-corrected chi connectivity index (χ3v) is 5.57. The Morgan fingerprint density at radius 3 is 2.58 bits per heavy atom. The number of halogens is 2. The number of likely N-dealkylation sites (N-methyl/N-ethyl adjacent to an activating group) is 1. The minimum atomic E-state index is -2.63. The molecular formula is C17H29F2N3O2. The van der Waals surface area contributed by atoms with E-state index < -0.39 is 11.8 Å². The topological polar surface area (TPSA) is 36.0 Å². The average Bonchev–Trinajstić information content (AvgIpc) is 2.72. The molecule has 1 aliphatic carbocycles. The average molecular weight is 345 g/mol. The molecule has 0 aromatic carbocycles.